The first-order valence-corrected chi connectivity index (χ1v) is 7.57. The highest BCUT2D eigenvalue weighted by atomic mass is 79.9. The number of aryl methyl sites for hydroxylation is 1. The molecule has 0 aromatic heterocycles. The first-order valence-electron chi connectivity index (χ1n) is 5.40. The van der Waals surface area contributed by atoms with E-state index in [0.717, 1.165) is 15.7 Å². The molecule has 0 aliphatic heterocycles. The van der Waals surface area contributed by atoms with Crippen molar-refractivity contribution < 1.29 is 9.00 Å². The average Bonchev–Trinajstić information content (AvgIpc) is 2.31. The van der Waals surface area contributed by atoms with Crippen LogP contribution >= 0.6 is 15.9 Å². The number of carbonyl (C=O) groups is 1. The fourth-order valence-corrected chi connectivity index (χ4v) is 2.38. The Kier molecular flexibility index (Phi) is 5.33. The minimum Gasteiger partial charge on any atom is -0.325 e. The Morgan fingerprint density at radius 3 is 2.71 bits per heavy atom. The quantitative estimate of drug-likeness (QED) is 0.928. The molecule has 94 valence electrons. The maximum absolute atomic E-state index is 11.8. The molecular weight excluding hydrogens is 302 g/mol. The van der Waals surface area contributed by atoms with Gasteiger partial charge in [0.1, 0.15) is 5.25 Å². The van der Waals surface area contributed by atoms with Gasteiger partial charge in [-0.3, -0.25) is 9.00 Å². The van der Waals surface area contributed by atoms with E-state index in [1.165, 1.54) is 0 Å². The summed E-state index contributed by atoms with van der Waals surface area (Å²) >= 11 is 3.40. The van der Waals surface area contributed by atoms with Gasteiger partial charge in [-0.25, -0.2) is 0 Å². The number of benzene rings is 1. The minimum atomic E-state index is -1.11. The SMILES string of the molecule is CC[S@@](=O)[C@H](C)C(=O)Nc1ccc(Br)c(C)c1. The second-order valence-corrected chi connectivity index (χ2v) is 6.67. The van der Waals surface area contributed by atoms with Gasteiger partial charge in [0, 0.05) is 26.7 Å². The molecule has 0 heterocycles. The van der Waals surface area contributed by atoms with Crippen molar-refractivity contribution in [3.8, 4) is 0 Å². The zero-order chi connectivity index (χ0) is 13.0. The number of hydrogen-bond acceptors (Lipinski definition) is 2. The van der Waals surface area contributed by atoms with Gasteiger partial charge in [-0.05, 0) is 37.6 Å². The van der Waals surface area contributed by atoms with E-state index in [2.05, 4.69) is 21.2 Å². The summed E-state index contributed by atoms with van der Waals surface area (Å²) in [5.41, 5.74) is 1.78. The van der Waals surface area contributed by atoms with Gasteiger partial charge >= 0.3 is 0 Å². The van der Waals surface area contributed by atoms with Crippen LogP contribution in [0.2, 0.25) is 0 Å². The number of hydrogen-bond donors (Lipinski definition) is 1. The molecule has 0 saturated carbocycles. The topological polar surface area (TPSA) is 46.2 Å². The molecule has 0 aliphatic rings. The van der Waals surface area contributed by atoms with Crippen molar-refractivity contribution >= 4 is 38.3 Å². The fourth-order valence-electron chi connectivity index (χ4n) is 1.34. The van der Waals surface area contributed by atoms with Gasteiger partial charge in [-0.1, -0.05) is 22.9 Å². The number of carbonyl (C=O) groups excluding carboxylic acids is 1. The maximum Gasteiger partial charge on any atom is 0.239 e. The van der Waals surface area contributed by atoms with Crippen molar-refractivity contribution in [2.24, 2.45) is 0 Å². The van der Waals surface area contributed by atoms with Crippen LogP contribution in [0.15, 0.2) is 22.7 Å². The molecule has 1 aromatic rings. The Hall–Kier alpha value is -0.680. The first kappa shape index (κ1) is 14.4. The lowest BCUT2D eigenvalue weighted by Gasteiger charge is -2.11. The van der Waals surface area contributed by atoms with Crippen LogP contribution in [-0.4, -0.2) is 21.1 Å². The predicted molar refractivity (Wildman–Crippen MR) is 75.7 cm³/mol. The summed E-state index contributed by atoms with van der Waals surface area (Å²) in [7, 11) is -1.11. The monoisotopic (exact) mass is 317 g/mol. The Bertz CT molecular complexity index is 448. The van der Waals surface area contributed by atoms with Crippen molar-refractivity contribution in [1.29, 1.82) is 0 Å². The van der Waals surface area contributed by atoms with Crippen molar-refractivity contribution in [2.75, 3.05) is 11.1 Å². The maximum atomic E-state index is 11.8. The van der Waals surface area contributed by atoms with Gasteiger partial charge in [0.25, 0.3) is 0 Å². The number of nitrogens with one attached hydrogen (secondary N) is 1. The van der Waals surface area contributed by atoms with Crippen LogP contribution in [-0.2, 0) is 15.6 Å². The van der Waals surface area contributed by atoms with Crippen LogP contribution in [0.3, 0.4) is 0 Å². The van der Waals surface area contributed by atoms with E-state index in [-0.39, 0.29) is 5.91 Å². The van der Waals surface area contributed by atoms with Gasteiger partial charge < -0.3 is 5.32 Å². The molecule has 1 aromatic carbocycles. The Morgan fingerprint density at radius 2 is 2.18 bits per heavy atom. The zero-order valence-corrected chi connectivity index (χ0v) is 12.5. The van der Waals surface area contributed by atoms with Gasteiger partial charge in [0.05, 0.1) is 0 Å². The van der Waals surface area contributed by atoms with Gasteiger partial charge in [-0.2, -0.15) is 0 Å². The Labute approximate surface area is 113 Å². The molecule has 1 amide bonds. The first-order chi connectivity index (χ1) is 7.95. The lowest BCUT2D eigenvalue weighted by atomic mass is 10.2. The molecule has 1 rings (SSSR count). The van der Waals surface area contributed by atoms with E-state index in [9.17, 15) is 9.00 Å². The molecule has 2 atom stereocenters. The van der Waals surface area contributed by atoms with Gasteiger partial charge in [0.2, 0.25) is 5.91 Å². The summed E-state index contributed by atoms with van der Waals surface area (Å²) in [6.07, 6.45) is 0. The Balaban J connectivity index is 2.74. The summed E-state index contributed by atoms with van der Waals surface area (Å²) in [6, 6.07) is 5.58. The van der Waals surface area contributed by atoms with Gasteiger partial charge in [-0.15, -0.1) is 0 Å². The van der Waals surface area contributed by atoms with Crippen LogP contribution in [0.4, 0.5) is 5.69 Å². The highest BCUT2D eigenvalue weighted by molar-refractivity contribution is 9.10. The lowest BCUT2D eigenvalue weighted by Crippen LogP contribution is -2.29. The predicted octanol–water partition coefficient (Wildman–Crippen LogP) is 2.85. The minimum absolute atomic E-state index is 0.202. The highest BCUT2D eigenvalue weighted by Crippen LogP contribution is 2.20. The zero-order valence-electron chi connectivity index (χ0n) is 10.1. The van der Waals surface area contributed by atoms with Gasteiger partial charge in [0.15, 0.2) is 0 Å². The van der Waals surface area contributed by atoms with Crippen molar-refractivity contribution in [2.45, 2.75) is 26.0 Å². The second-order valence-electron chi connectivity index (χ2n) is 3.76. The van der Waals surface area contributed by atoms with E-state index in [1.807, 2.05) is 32.0 Å². The van der Waals surface area contributed by atoms with E-state index < -0.39 is 16.0 Å². The highest BCUT2D eigenvalue weighted by Gasteiger charge is 2.18. The van der Waals surface area contributed by atoms with Crippen LogP contribution in [0.5, 0.6) is 0 Å². The van der Waals surface area contributed by atoms with E-state index >= 15 is 0 Å². The van der Waals surface area contributed by atoms with Crippen molar-refractivity contribution in [3.05, 3.63) is 28.2 Å². The summed E-state index contributed by atoms with van der Waals surface area (Å²) in [4.78, 5) is 11.8. The van der Waals surface area contributed by atoms with Crippen molar-refractivity contribution in [1.82, 2.24) is 0 Å². The number of anilines is 1. The molecular formula is C12H16BrNO2S. The summed E-state index contributed by atoms with van der Waals surface area (Å²) in [6.45, 7) is 5.44. The molecule has 1 N–H and O–H groups in total. The number of amides is 1. The fraction of sp³-hybridized carbons (Fsp3) is 0.417. The molecule has 3 nitrogen and oxygen atoms in total. The molecule has 0 spiro atoms. The smallest absolute Gasteiger partial charge is 0.239 e. The molecule has 0 saturated heterocycles. The molecule has 0 aliphatic carbocycles. The summed E-state index contributed by atoms with van der Waals surface area (Å²) < 4.78 is 12.5. The average molecular weight is 318 g/mol. The standard InChI is InChI=1S/C12H16BrNO2S/c1-4-17(16)9(3)12(15)14-10-5-6-11(13)8(2)7-10/h5-7,9H,4H2,1-3H3,(H,14,15)/t9-,17-/m1/s1. The third kappa shape index (κ3) is 3.92. The molecule has 17 heavy (non-hydrogen) atoms. The lowest BCUT2D eigenvalue weighted by molar-refractivity contribution is -0.115. The van der Waals surface area contributed by atoms with Crippen LogP contribution in [0, 0.1) is 6.92 Å². The summed E-state index contributed by atoms with van der Waals surface area (Å²) in [5, 5.41) is 2.29. The van der Waals surface area contributed by atoms with Crippen LogP contribution < -0.4 is 5.32 Å². The number of rotatable bonds is 4. The molecule has 0 radical (unpaired) electrons. The molecule has 0 unspecified atom stereocenters. The van der Waals surface area contributed by atoms with Crippen LogP contribution in [0.25, 0.3) is 0 Å². The molecule has 5 heteroatoms. The third-order valence-corrected chi connectivity index (χ3v) is 4.94. The van der Waals surface area contributed by atoms with E-state index in [0.29, 0.717) is 5.75 Å². The Morgan fingerprint density at radius 1 is 1.53 bits per heavy atom. The third-order valence-electron chi connectivity index (χ3n) is 2.47. The normalized spacial score (nSPS) is 14.1. The second kappa shape index (κ2) is 6.31. The van der Waals surface area contributed by atoms with E-state index in [4.69, 9.17) is 0 Å². The molecule has 0 fully saturated rings. The van der Waals surface area contributed by atoms with Crippen LogP contribution in [0.1, 0.15) is 19.4 Å². The number of halogens is 1. The van der Waals surface area contributed by atoms with E-state index in [1.54, 1.807) is 6.92 Å². The summed E-state index contributed by atoms with van der Waals surface area (Å²) in [5.74, 6) is 0.292. The molecule has 0 bridgehead atoms. The largest absolute Gasteiger partial charge is 0.325 e. The van der Waals surface area contributed by atoms with Crippen molar-refractivity contribution in [3.63, 3.8) is 0 Å².